The zero-order valence-corrected chi connectivity index (χ0v) is 8.66. The molecule has 0 saturated carbocycles. The van der Waals surface area contributed by atoms with Crippen LogP contribution in [0.4, 0.5) is 0 Å². The minimum atomic E-state index is 1.11. The van der Waals surface area contributed by atoms with Gasteiger partial charge < -0.3 is 10.6 Å². The van der Waals surface area contributed by atoms with E-state index < -0.39 is 0 Å². The summed E-state index contributed by atoms with van der Waals surface area (Å²) in [6.45, 7) is 8.99. The van der Waals surface area contributed by atoms with Crippen molar-refractivity contribution in [3.63, 3.8) is 0 Å². The second kappa shape index (κ2) is 10.9. The van der Waals surface area contributed by atoms with Crippen molar-refractivity contribution >= 4 is 0 Å². The molecule has 0 saturated heterocycles. The summed E-state index contributed by atoms with van der Waals surface area (Å²) in [5, 5.41) is 6.78. The van der Waals surface area contributed by atoms with Gasteiger partial charge in [-0.15, -0.1) is 0 Å². The fraction of sp³-hybridized carbons (Fsp3) is 1.00. The standard InChI is InChI=1S/C10H24N2/c1-3-5-6-8-12-10-9-11-7-4-2/h11-12H,3-10H2,1-2H3. The third kappa shape index (κ3) is 9.92. The molecule has 2 nitrogen and oxygen atoms in total. The Morgan fingerprint density at radius 1 is 0.667 bits per heavy atom. The maximum Gasteiger partial charge on any atom is 0.00767 e. The van der Waals surface area contributed by atoms with E-state index in [0.29, 0.717) is 0 Å². The maximum atomic E-state index is 3.42. The van der Waals surface area contributed by atoms with Crippen LogP contribution >= 0.6 is 0 Å². The average molecular weight is 172 g/mol. The third-order valence-electron chi connectivity index (χ3n) is 1.86. The summed E-state index contributed by atoms with van der Waals surface area (Å²) in [5.41, 5.74) is 0. The largest absolute Gasteiger partial charge is 0.315 e. The lowest BCUT2D eigenvalue weighted by atomic mass is 10.2. The molecule has 2 heteroatoms. The summed E-state index contributed by atoms with van der Waals surface area (Å²) >= 11 is 0. The SMILES string of the molecule is CCCCCNCCNCCC. The van der Waals surface area contributed by atoms with E-state index in [2.05, 4.69) is 24.5 Å². The Bertz CT molecular complexity index is 64.2. The van der Waals surface area contributed by atoms with E-state index in [1.54, 1.807) is 0 Å². The highest BCUT2D eigenvalue weighted by atomic mass is 14.9. The zero-order valence-electron chi connectivity index (χ0n) is 8.66. The minimum Gasteiger partial charge on any atom is -0.315 e. The predicted octanol–water partition coefficient (Wildman–Crippen LogP) is 1.77. The van der Waals surface area contributed by atoms with Gasteiger partial charge in [0.05, 0.1) is 0 Å². The lowest BCUT2D eigenvalue weighted by Gasteiger charge is -2.04. The molecule has 0 atom stereocenters. The van der Waals surface area contributed by atoms with Crippen molar-refractivity contribution in [3.05, 3.63) is 0 Å². The molecule has 0 unspecified atom stereocenters. The number of unbranched alkanes of at least 4 members (excludes halogenated alkanes) is 2. The molecule has 0 fully saturated rings. The molecule has 0 aromatic rings. The molecule has 0 heterocycles. The van der Waals surface area contributed by atoms with E-state index in [4.69, 9.17) is 0 Å². The van der Waals surface area contributed by atoms with Gasteiger partial charge in [0.25, 0.3) is 0 Å². The Labute approximate surface area is 77.1 Å². The van der Waals surface area contributed by atoms with Gasteiger partial charge in [-0.2, -0.15) is 0 Å². The maximum absolute atomic E-state index is 3.42. The second-order valence-corrected chi connectivity index (χ2v) is 3.21. The highest BCUT2D eigenvalue weighted by Gasteiger charge is 1.87. The molecule has 0 amide bonds. The van der Waals surface area contributed by atoms with Gasteiger partial charge in [0.15, 0.2) is 0 Å². The summed E-state index contributed by atoms with van der Waals surface area (Å²) < 4.78 is 0. The van der Waals surface area contributed by atoms with Crippen LogP contribution in [0.5, 0.6) is 0 Å². The first-order valence-corrected chi connectivity index (χ1v) is 5.33. The van der Waals surface area contributed by atoms with E-state index in [1.165, 1.54) is 32.2 Å². The fourth-order valence-electron chi connectivity index (χ4n) is 1.10. The first kappa shape index (κ1) is 11.9. The molecule has 0 spiro atoms. The van der Waals surface area contributed by atoms with Crippen molar-refractivity contribution in [3.8, 4) is 0 Å². The Balaban J connectivity index is 2.73. The first-order valence-electron chi connectivity index (χ1n) is 5.33. The number of nitrogens with one attached hydrogen (secondary N) is 2. The second-order valence-electron chi connectivity index (χ2n) is 3.21. The molecule has 0 rings (SSSR count). The zero-order chi connectivity index (χ0) is 9.07. The van der Waals surface area contributed by atoms with Crippen LogP contribution in [-0.4, -0.2) is 26.2 Å². The quantitative estimate of drug-likeness (QED) is 0.518. The summed E-state index contributed by atoms with van der Waals surface area (Å²) in [6.07, 6.45) is 5.23. The summed E-state index contributed by atoms with van der Waals surface area (Å²) in [4.78, 5) is 0. The Kier molecular flexibility index (Phi) is 10.8. The summed E-state index contributed by atoms with van der Waals surface area (Å²) in [5.74, 6) is 0. The first-order chi connectivity index (χ1) is 5.91. The average Bonchev–Trinajstić information content (AvgIpc) is 2.10. The smallest absolute Gasteiger partial charge is 0.00767 e. The van der Waals surface area contributed by atoms with Crippen molar-refractivity contribution in [2.75, 3.05) is 26.2 Å². The van der Waals surface area contributed by atoms with E-state index >= 15 is 0 Å². The van der Waals surface area contributed by atoms with Gasteiger partial charge in [-0.05, 0) is 25.9 Å². The van der Waals surface area contributed by atoms with E-state index in [9.17, 15) is 0 Å². The van der Waals surface area contributed by atoms with Crippen molar-refractivity contribution in [1.29, 1.82) is 0 Å². The van der Waals surface area contributed by atoms with Gasteiger partial charge in [-0.1, -0.05) is 26.7 Å². The van der Waals surface area contributed by atoms with Gasteiger partial charge in [-0.3, -0.25) is 0 Å². The topological polar surface area (TPSA) is 24.1 Å². The monoisotopic (exact) mass is 172 g/mol. The molecule has 0 aromatic heterocycles. The van der Waals surface area contributed by atoms with Gasteiger partial charge in [0.2, 0.25) is 0 Å². The molecule has 2 N–H and O–H groups in total. The molecule has 0 aliphatic heterocycles. The van der Waals surface area contributed by atoms with E-state index in [0.717, 1.165) is 19.6 Å². The fourth-order valence-corrected chi connectivity index (χ4v) is 1.10. The Morgan fingerprint density at radius 2 is 1.33 bits per heavy atom. The van der Waals surface area contributed by atoms with E-state index in [1.807, 2.05) is 0 Å². The molecule has 12 heavy (non-hydrogen) atoms. The molecule has 0 radical (unpaired) electrons. The van der Waals surface area contributed by atoms with Crippen molar-refractivity contribution in [2.45, 2.75) is 39.5 Å². The normalized spacial score (nSPS) is 10.5. The molecular formula is C10H24N2. The molecule has 0 aliphatic rings. The van der Waals surface area contributed by atoms with Crippen LogP contribution in [-0.2, 0) is 0 Å². The number of rotatable bonds is 9. The van der Waals surface area contributed by atoms with Crippen molar-refractivity contribution in [2.24, 2.45) is 0 Å². The van der Waals surface area contributed by atoms with Gasteiger partial charge >= 0.3 is 0 Å². The van der Waals surface area contributed by atoms with Crippen molar-refractivity contribution in [1.82, 2.24) is 10.6 Å². The Hall–Kier alpha value is -0.0800. The number of hydrogen-bond donors (Lipinski definition) is 2. The molecule has 0 aliphatic carbocycles. The minimum absolute atomic E-state index is 1.11. The van der Waals surface area contributed by atoms with Crippen LogP contribution in [0.1, 0.15) is 39.5 Å². The van der Waals surface area contributed by atoms with Crippen LogP contribution in [0.3, 0.4) is 0 Å². The van der Waals surface area contributed by atoms with Crippen LogP contribution in [0, 0.1) is 0 Å². The lowest BCUT2D eigenvalue weighted by molar-refractivity contribution is 0.580. The lowest BCUT2D eigenvalue weighted by Crippen LogP contribution is -2.28. The van der Waals surface area contributed by atoms with Crippen LogP contribution in [0.15, 0.2) is 0 Å². The van der Waals surface area contributed by atoms with Gasteiger partial charge in [0.1, 0.15) is 0 Å². The highest BCUT2D eigenvalue weighted by molar-refractivity contribution is 4.51. The highest BCUT2D eigenvalue weighted by Crippen LogP contribution is 1.90. The van der Waals surface area contributed by atoms with Crippen LogP contribution in [0.25, 0.3) is 0 Å². The molecule has 74 valence electrons. The molecule has 0 bridgehead atoms. The van der Waals surface area contributed by atoms with Crippen LogP contribution < -0.4 is 10.6 Å². The van der Waals surface area contributed by atoms with Crippen molar-refractivity contribution < 1.29 is 0 Å². The Morgan fingerprint density at radius 3 is 1.92 bits per heavy atom. The molecule has 0 aromatic carbocycles. The summed E-state index contributed by atoms with van der Waals surface area (Å²) in [6, 6.07) is 0. The third-order valence-corrected chi connectivity index (χ3v) is 1.86. The summed E-state index contributed by atoms with van der Waals surface area (Å²) in [7, 11) is 0. The number of hydrogen-bond acceptors (Lipinski definition) is 2. The van der Waals surface area contributed by atoms with Gasteiger partial charge in [-0.25, -0.2) is 0 Å². The van der Waals surface area contributed by atoms with Gasteiger partial charge in [0, 0.05) is 13.1 Å². The van der Waals surface area contributed by atoms with E-state index in [-0.39, 0.29) is 0 Å². The molecular weight excluding hydrogens is 148 g/mol. The predicted molar refractivity (Wildman–Crippen MR) is 55.6 cm³/mol. The van der Waals surface area contributed by atoms with Crippen LogP contribution in [0.2, 0.25) is 0 Å².